The van der Waals surface area contributed by atoms with Crippen molar-refractivity contribution in [2.24, 2.45) is 17.8 Å². The summed E-state index contributed by atoms with van der Waals surface area (Å²) >= 11 is 0. The van der Waals surface area contributed by atoms with E-state index in [0.29, 0.717) is 31.1 Å². The highest BCUT2D eigenvalue weighted by Gasteiger charge is 2.41. The summed E-state index contributed by atoms with van der Waals surface area (Å²) in [4.78, 5) is 30.2. The van der Waals surface area contributed by atoms with E-state index >= 15 is 0 Å². The van der Waals surface area contributed by atoms with Crippen LogP contribution < -0.4 is 5.32 Å². The zero-order chi connectivity index (χ0) is 13.8. The lowest BCUT2D eigenvalue weighted by Crippen LogP contribution is -2.35. The molecule has 1 unspecified atom stereocenters. The maximum Gasteiger partial charge on any atom is 0.307 e. The molecule has 6 heteroatoms. The van der Waals surface area contributed by atoms with Crippen molar-refractivity contribution in [2.45, 2.75) is 32.7 Å². The lowest BCUT2D eigenvalue weighted by Gasteiger charge is -2.14. The average molecular weight is 265 g/mol. The molecule has 1 amide bonds. The minimum Gasteiger partial charge on any atom is -0.481 e. The first-order chi connectivity index (χ1) is 9.11. The molecule has 1 heterocycles. The van der Waals surface area contributed by atoms with E-state index in [1.807, 2.05) is 6.92 Å². The van der Waals surface area contributed by atoms with Crippen molar-refractivity contribution in [3.05, 3.63) is 18.2 Å². The highest BCUT2D eigenvalue weighted by Crippen LogP contribution is 2.38. The molecule has 104 valence electrons. The van der Waals surface area contributed by atoms with Crippen LogP contribution in [0.3, 0.4) is 0 Å². The number of carboxylic acids is 1. The highest BCUT2D eigenvalue weighted by molar-refractivity contribution is 5.85. The molecule has 3 N–H and O–H groups in total. The Morgan fingerprint density at radius 2 is 2.21 bits per heavy atom. The fourth-order valence-electron chi connectivity index (χ4n) is 2.74. The quantitative estimate of drug-likeness (QED) is 0.744. The number of aliphatic carboxylic acids is 1. The third kappa shape index (κ3) is 3.13. The first kappa shape index (κ1) is 13.6. The van der Waals surface area contributed by atoms with Gasteiger partial charge in [-0.15, -0.1) is 0 Å². The fourth-order valence-corrected chi connectivity index (χ4v) is 2.74. The Kier molecular flexibility index (Phi) is 4.19. The van der Waals surface area contributed by atoms with Gasteiger partial charge in [0.1, 0.15) is 5.82 Å². The summed E-state index contributed by atoms with van der Waals surface area (Å²) in [6, 6.07) is 0. The molecule has 1 saturated carbocycles. The first-order valence-corrected chi connectivity index (χ1v) is 6.60. The molecule has 19 heavy (non-hydrogen) atoms. The number of amides is 1. The van der Waals surface area contributed by atoms with Gasteiger partial charge in [0.25, 0.3) is 0 Å². The number of rotatable bonds is 5. The summed E-state index contributed by atoms with van der Waals surface area (Å²) in [6.07, 6.45) is 5.49. The normalized spacial score (nSPS) is 26.3. The van der Waals surface area contributed by atoms with Gasteiger partial charge >= 0.3 is 5.97 Å². The molecule has 0 aromatic carbocycles. The molecular formula is C13H19N3O3. The predicted molar refractivity (Wildman–Crippen MR) is 68.1 cm³/mol. The maximum absolute atomic E-state index is 12.1. The van der Waals surface area contributed by atoms with Crippen molar-refractivity contribution in [2.75, 3.05) is 0 Å². The largest absolute Gasteiger partial charge is 0.481 e. The van der Waals surface area contributed by atoms with E-state index in [0.717, 1.165) is 6.42 Å². The standard InChI is InChI=1S/C13H19N3O3/c1-2-8-5-9(10(6-8)13(18)19)12(17)16-7-11-14-3-4-15-11/h3-4,8-10H,2,5-7H2,1H3,(H,14,15)(H,16,17)(H,18,19)/t8?,9-,10+/m0/s1. The van der Waals surface area contributed by atoms with Crippen molar-refractivity contribution >= 4 is 11.9 Å². The van der Waals surface area contributed by atoms with E-state index in [2.05, 4.69) is 15.3 Å². The van der Waals surface area contributed by atoms with Crippen molar-refractivity contribution in [1.82, 2.24) is 15.3 Å². The van der Waals surface area contributed by atoms with Crippen LogP contribution in [0.15, 0.2) is 12.4 Å². The number of nitrogens with one attached hydrogen (secondary N) is 2. The van der Waals surface area contributed by atoms with E-state index in [1.165, 1.54) is 0 Å². The molecule has 1 aromatic heterocycles. The number of carbonyl (C=O) groups is 2. The van der Waals surface area contributed by atoms with E-state index in [4.69, 9.17) is 0 Å². The van der Waals surface area contributed by atoms with Gasteiger partial charge in [-0.1, -0.05) is 13.3 Å². The SMILES string of the molecule is CCC1C[C@H](C(=O)NCc2ncc[nH]2)[C@H](C(=O)O)C1. The Labute approximate surface area is 111 Å². The van der Waals surface area contributed by atoms with E-state index in [-0.39, 0.29) is 5.91 Å². The Bertz CT molecular complexity index is 444. The van der Waals surface area contributed by atoms with Gasteiger partial charge in [-0.3, -0.25) is 9.59 Å². The number of aromatic amines is 1. The van der Waals surface area contributed by atoms with Crippen LogP contribution in [0.25, 0.3) is 0 Å². The van der Waals surface area contributed by atoms with Crippen LogP contribution in [0.1, 0.15) is 32.0 Å². The number of nitrogens with zero attached hydrogens (tertiary/aromatic N) is 1. The van der Waals surface area contributed by atoms with Crippen LogP contribution in [0.5, 0.6) is 0 Å². The van der Waals surface area contributed by atoms with Crippen LogP contribution in [-0.2, 0) is 16.1 Å². The molecule has 1 aliphatic carbocycles. The van der Waals surface area contributed by atoms with Crippen LogP contribution in [-0.4, -0.2) is 27.0 Å². The van der Waals surface area contributed by atoms with Gasteiger partial charge in [0, 0.05) is 12.4 Å². The number of carbonyl (C=O) groups excluding carboxylic acids is 1. The zero-order valence-electron chi connectivity index (χ0n) is 10.9. The summed E-state index contributed by atoms with van der Waals surface area (Å²) in [7, 11) is 0. The maximum atomic E-state index is 12.1. The molecule has 3 atom stereocenters. The number of hydrogen-bond donors (Lipinski definition) is 3. The Balaban J connectivity index is 1.94. The summed E-state index contributed by atoms with van der Waals surface area (Å²) in [6.45, 7) is 2.35. The minimum absolute atomic E-state index is 0.181. The summed E-state index contributed by atoms with van der Waals surface area (Å²) in [5.41, 5.74) is 0. The van der Waals surface area contributed by atoms with Gasteiger partial charge in [-0.2, -0.15) is 0 Å². The Hall–Kier alpha value is -1.85. The number of carboxylic acid groups (broad SMARTS) is 1. The molecular weight excluding hydrogens is 246 g/mol. The third-order valence-electron chi connectivity index (χ3n) is 3.88. The van der Waals surface area contributed by atoms with Gasteiger partial charge < -0.3 is 15.4 Å². The Morgan fingerprint density at radius 3 is 2.79 bits per heavy atom. The van der Waals surface area contributed by atoms with Crippen LogP contribution in [0.2, 0.25) is 0 Å². The molecule has 0 aliphatic heterocycles. The van der Waals surface area contributed by atoms with E-state index < -0.39 is 17.8 Å². The second-order valence-corrected chi connectivity index (χ2v) is 5.05. The molecule has 0 saturated heterocycles. The second kappa shape index (κ2) is 5.86. The molecule has 0 radical (unpaired) electrons. The lowest BCUT2D eigenvalue weighted by atomic mass is 9.95. The first-order valence-electron chi connectivity index (χ1n) is 6.60. The van der Waals surface area contributed by atoms with Gasteiger partial charge in [0.05, 0.1) is 18.4 Å². The topological polar surface area (TPSA) is 95.1 Å². The number of hydrogen-bond acceptors (Lipinski definition) is 3. The van der Waals surface area contributed by atoms with Gasteiger partial charge in [0.15, 0.2) is 0 Å². The van der Waals surface area contributed by atoms with Crippen molar-refractivity contribution < 1.29 is 14.7 Å². The fraction of sp³-hybridized carbons (Fsp3) is 0.615. The van der Waals surface area contributed by atoms with Gasteiger partial charge in [0.2, 0.25) is 5.91 Å². The second-order valence-electron chi connectivity index (χ2n) is 5.05. The monoisotopic (exact) mass is 265 g/mol. The lowest BCUT2D eigenvalue weighted by molar-refractivity contribution is -0.146. The van der Waals surface area contributed by atoms with E-state index in [9.17, 15) is 14.7 Å². The van der Waals surface area contributed by atoms with Crippen molar-refractivity contribution in [3.8, 4) is 0 Å². The summed E-state index contributed by atoms with van der Waals surface area (Å²) < 4.78 is 0. The average Bonchev–Trinajstić information content (AvgIpc) is 3.04. The third-order valence-corrected chi connectivity index (χ3v) is 3.88. The van der Waals surface area contributed by atoms with Crippen LogP contribution >= 0.6 is 0 Å². The number of aromatic nitrogens is 2. The van der Waals surface area contributed by atoms with E-state index in [1.54, 1.807) is 12.4 Å². The molecule has 1 fully saturated rings. The smallest absolute Gasteiger partial charge is 0.307 e. The number of H-pyrrole nitrogens is 1. The molecule has 6 nitrogen and oxygen atoms in total. The van der Waals surface area contributed by atoms with Gasteiger partial charge in [-0.05, 0) is 18.8 Å². The molecule has 2 rings (SSSR count). The van der Waals surface area contributed by atoms with Crippen LogP contribution in [0.4, 0.5) is 0 Å². The van der Waals surface area contributed by atoms with Crippen LogP contribution in [0, 0.1) is 17.8 Å². The van der Waals surface area contributed by atoms with Crippen molar-refractivity contribution in [3.63, 3.8) is 0 Å². The molecule has 0 spiro atoms. The molecule has 1 aliphatic rings. The summed E-state index contributed by atoms with van der Waals surface area (Å²) in [5.74, 6) is -1.02. The molecule has 1 aromatic rings. The zero-order valence-corrected chi connectivity index (χ0v) is 10.9. The highest BCUT2D eigenvalue weighted by atomic mass is 16.4. The number of imidazole rings is 1. The summed E-state index contributed by atoms with van der Waals surface area (Å²) in [5, 5.41) is 12.0. The Morgan fingerprint density at radius 1 is 1.47 bits per heavy atom. The minimum atomic E-state index is -0.867. The van der Waals surface area contributed by atoms with Gasteiger partial charge in [-0.25, -0.2) is 4.98 Å². The van der Waals surface area contributed by atoms with Crippen molar-refractivity contribution in [1.29, 1.82) is 0 Å². The molecule has 0 bridgehead atoms. The predicted octanol–water partition coefficient (Wildman–Crippen LogP) is 1.16.